The summed E-state index contributed by atoms with van der Waals surface area (Å²) >= 11 is 0. The molecule has 0 bridgehead atoms. The maximum absolute atomic E-state index is 12.0. The van der Waals surface area contributed by atoms with Crippen molar-refractivity contribution in [2.75, 3.05) is 20.7 Å². The summed E-state index contributed by atoms with van der Waals surface area (Å²) in [5.74, 6) is 0.203. The minimum absolute atomic E-state index is 0.0354. The number of rotatable bonds is 2. The van der Waals surface area contributed by atoms with E-state index in [4.69, 9.17) is 4.74 Å². The van der Waals surface area contributed by atoms with Gasteiger partial charge in [-0.15, -0.1) is 0 Å². The second-order valence-electron chi connectivity index (χ2n) is 4.88. The Morgan fingerprint density at radius 1 is 1.50 bits per heavy atom. The summed E-state index contributed by atoms with van der Waals surface area (Å²) in [7, 11) is 3.57. The molecule has 2 unspecified atom stereocenters. The normalized spacial score (nSPS) is 29.5. The third kappa shape index (κ3) is 2.32. The van der Waals surface area contributed by atoms with Crippen LogP contribution in [-0.4, -0.2) is 43.6 Å². The van der Waals surface area contributed by atoms with Gasteiger partial charge in [0.25, 0.3) is 0 Å². The predicted octanol–water partition coefficient (Wildman–Crippen LogP) is 0.435. The molecule has 1 saturated heterocycles. The number of ether oxygens (including phenoxy) is 1. The average molecular weight is 200 g/mol. The molecule has 1 heterocycles. The molecular formula is C10H20N2O2. The fourth-order valence-electron chi connectivity index (χ4n) is 1.65. The van der Waals surface area contributed by atoms with Gasteiger partial charge in [0.15, 0.2) is 5.78 Å². The van der Waals surface area contributed by atoms with E-state index in [9.17, 15) is 4.79 Å². The second kappa shape index (κ2) is 3.96. The molecule has 1 aliphatic heterocycles. The molecule has 0 amide bonds. The van der Waals surface area contributed by atoms with Gasteiger partial charge in [-0.1, -0.05) is 20.8 Å². The highest BCUT2D eigenvalue weighted by molar-refractivity contribution is 5.89. The molecule has 82 valence electrons. The molecule has 0 aliphatic carbocycles. The first-order chi connectivity index (χ1) is 6.36. The topological polar surface area (TPSA) is 41.6 Å². The lowest BCUT2D eigenvalue weighted by molar-refractivity contribution is -0.130. The van der Waals surface area contributed by atoms with Crippen LogP contribution in [-0.2, 0) is 9.53 Å². The molecule has 1 fully saturated rings. The van der Waals surface area contributed by atoms with Gasteiger partial charge in [-0.05, 0) is 0 Å². The summed E-state index contributed by atoms with van der Waals surface area (Å²) in [5, 5.41) is 1.91. The first kappa shape index (κ1) is 11.6. The van der Waals surface area contributed by atoms with E-state index in [1.165, 1.54) is 0 Å². The molecule has 4 nitrogen and oxygen atoms in total. The van der Waals surface area contributed by atoms with Crippen LogP contribution in [0.4, 0.5) is 0 Å². The molecule has 0 aromatic heterocycles. The highest BCUT2D eigenvalue weighted by Crippen LogP contribution is 2.21. The summed E-state index contributed by atoms with van der Waals surface area (Å²) in [6, 6.07) is -0.204. The smallest absolute Gasteiger partial charge is 0.159 e. The van der Waals surface area contributed by atoms with Crippen molar-refractivity contribution in [1.82, 2.24) is 10.4 Å². The zero-order chi connectivity index (χ0) is 10.9. The van der Waals surface area contributed by atoms with E-state index in [0.29, 0.717) is 0 Å². The fraction of sp³-hybridized carbons (Fsp3) is 0.900. The van der Waals surface area contributed by atoms with Crippen LogP contribution in [0.1, 0.15) is 20.8 Å². The quantitative estimate of drug-likeness (QED) is 0.702. The number of methoxy groups -OCH3 is 1. The number of carbonyl (C=O) groups excluding carboxylic acids is 1. The van der Waals surface area contributed by atoms with Gasteiger partial charge in [0.1, 0.15) is 6.04 Å². The van der Waals surface area contributed by atoms with Gasteiger partial charge in [0.2, 0.25) is 0 Å². The highest BCUT2D eigenvalue weighted by atomic mass is 16.5. The van der Waals surface area contributed by atoms with Gasteiger partial charge in [-0.2, -0.15) is 0 Å². The van der Waals surface area contributed by atoms with Crippen molar-refractivity contribution in [3.8, 4) is 0 Å². The second-order valence-corrected chi connectivity index (χ2v) is 4.88. The molecule has 0 aromatic carbocycles. The minimum Gasteiger partial charge on any atom is -0.378 e. The SMILES string of the molecule is COC1CN(C)NC1C(=O)C(C)(C)C. The first-order valence-corrected chi connectivity index (χ1v) is 4.90. The van der Waals surface area contributed by atoms with Crippen LogP contribution in [0.25, 0.3) is 0 Å². The van der Waals surface area contributed by atoms with E-state index in [0.717, 1.165) is 6.54 Å². The van der Waals surface area contributed by atoms with Gasteiger partial charge in [0.05, 0.1) is 6.10 Å². The Balaban J connectivity index is 2.72. The van der Waals surface area contributed by atoms with E-state index in [1.54, 1.807) is 7.11 Å². The molecule has 1 rings (SSSR count). The molecule has 0 spiro atoms. The van der Waals surface area contributed by atoms with Gasteiger partial charge in [-0.3, -0.25) is 4.79 Å². The van der Waals surface area contributed by atoms with Gasteiger partial charge in [0, 0.05) is 26.1 Å². The van der Waals surface area contributed by atoms with Crippen LogP contribution < -0.4 is 5.43 Å². The molecule has 0 radical (unpaired) electrons. The molecule has 0 saturated carbocycles. The third-order valence-corrected chi connectivity index (χ3v) is 2.51. The van der Waals surface area contributed by atoms with Crippen LogP contribution in [0.2, 0.25) is 0 Å². The zero-order valence-electron chi connectivity index (χ0n) is 9.63. The molecule has 2 atom stereocenters. The summed E-state index contributed by atoms with van der Waals surface area (Å²) in [6.07, 6.45) is -0.0354. The van der Waals surface area contributed by atoms with Crippen molar-refractivity contribution in [2.24, 2.45) is 5.41 Å². The van der Waals surface area contributed by atoms with Gasteiger partial charge < -0.3 is 4.74 Å². The molecule has 1 N–H and O–H groups in total. The van der Waals surface area contributed by atoms with E-state index >= 15 is 0 Å². The lowest BCUT2D eigenvalue weighted by Crippen LogP contribution is -2.46. The number of likely N-dealkylation sites (N-methyl/N-ethyl adjacent to an activating group) is 1. The Hall–Kier alpha value is -0.450. The first-order valence-electron chi connectivity index (χ1n) is 4.90. The molecule has 0 aromatic rings. The monoisotopic (exact) mass is 200 g/mol. The molecular weight excluding hydrogens is 180 g/mol. The zero-order valence-corrected chi connectivity index (χ0v) is 9.63. The van der Waals surface area contributed by atoms with Crippen LogP contribution in [0.15, 0.2) is 0 Å². The van der Waals surface area contributed by atoms with E-state index in [-0.39, 0.29) is 23.3 Å². The van der Waals surface area contributed by atoms with E-state index in [2.05, 4.69) is 5.43 Å². The number of hydrazine groups is 1. The third-order valence-electron chi connectivity index (χ3n) is 2.51. The number of hydrogen-bond donors (Lipinski definition) is 1. The van der Waals surface area contributed by atoms with Gasteiger partial charge in [-0.25, -0.2) is 10.4 Å². The number of nitrogens with zero attached hydrogens (tertiary/aromatic N) is 1. The molecule has 1 aliphatic rings. The maximum Gasteiger partial charge on any atom is 0.159 e. The Kier molecular flexibility index (Phi) is 3.29. The average Bonchev–Trinajstić information content (AvgIpc) is 2.43. The Morgan fingerprint density at radius 3 is 2.50 bits per heavy atom. The number of hydrogen-bond acceptors (Lipinski definition) is 4. The van der Waals surface area contributed by atoms with E-state index in [1.807, 2.05) is 32.8 Å². The van der Waals surface area contributed by atoms with Crippen LogP contribution in [0.3, 0.4) is 0 Å². The summed E-state index contributed by atoms with van der Waals surface area (Å²) in [4.78, 5) is 12.0. The van der Waals surface area contributed by atoms with Crippen molar-refractivity contribution in [1.29, 1.82) is 0 Å². The number of nitrogens with one attached hydrogen (secondary N) is 1. The lowest BCUT2D eigenvalue weighted by Gasteiger charge is -2.24. The Morgan fingerprint density at radius 2 is 2.07 bits per heavy atom. The molecule has 14 heavy (non-hydrogen) atoms. The Bertz CT molecular complexity index is 223. The van der Waals surface area contributed by atoms with Crippen molar-refractivity contribution >= 4 is 5.78 Å². The molecule has 4 heteroatoms. The highest BCUT2D eigenvalue weighted by Gasteiger charge is 2.40. The lowest BCUT2D eigenvalue weighted by atomic mass is 9.85. The van der Waals surface area contributed by atoms with Crippen molar-refractivity contribution in [3.05, 3.63) is 0 Å². The number of Topliss-reactive ketones (excluding diaryl/α,β-unsaturated/α-hetero) is 1. The van der Waals surface area contributed by atoms with Crippen LogP contribution >= 0.6 is 0 Å². The summed E-state index contributed by atoms with van der Waals surface area (Å²) in [6.45, 7) is 6.55. The summed E-state index contributed by atoms with van der Waals surface area (Å²) in [5.41, 5.74) is 2.80. The Labute approximate surface area is 85.6 Å². The number of carbonyl (C=O) groups is 1. The van der Waals surface area contributed by atoms with Crippen molar-refractivity contribution in [2.45, 2.75) is 32.9 Å². The fourth-order valence-corrected chi connectivity index (χ4v) is 1.65. The van der Waals surface area contributed by atoms with Crippen molar-refractivity contribution in [3.63, 3.8) is 0 Å². The van der Waals surface area contributed by atoms with Crippen LogP contribution in [0.5, 0.6) is 0 Å². The summed E-state index contributed by atoms with van der Waals surface area (Å²) < 4.78 is 5.29. The maximum atomic E-state index is 12.0. The minimum atomic E-state index is -0.320. The van der Waals surface area contributed by atoms with Crippen LogP contribution in [0, 0.1) is 5.41 Å². The number of ketones is 1. The van der Waals surface area contributed by atoms with E-state index < -0.39 is 0 Å². The largest absolute Gasteiger partial charge is 0.378 e. The predicted molar refractivity (Wildman–Crippen MR) is 54.8 cm³/mol. The van der Waals surface area contributed by atoms with Gasteiger partial charge >= 0.3 is 0 Å². The standard InChI is InChI=1S/C10H20N2O2/c1-10(2,3)9(13)8-7(14-5)6-12(4)11-8/h7-8,11H,6H2,1-5H3. The van der Waals surface area contributed by atoms with Crippen molar-refractivity contribution < 1.29 is 9.53 Å².